The van der Waals surface area contributed by atoms with E-state index in [1.54, 1.807) is 17.4 Å². The highest BCUT2D eigenvalue weighted by Crippen LogP contribution is 2.32. The summed E-state index contributed by atoms with van der Waals surface area (Å²) in [5, 5.41) is 5.15. The van der Waals surface area contributed by atoms with Gasteiger partial charge in [0, 0.05) is 43.0 Å². The number of carbonyl (C=O) groups is 1. The van der Waals surface area contributed by atoms with Crippen molar-refractivity contribution in [3.8, 4) is 0 Å². The molecule has 1 aromatic heterocycles. The van der Waals surface area contributed by atoms with Gasteiger partial charge >= 0.3 is 0 Å². The van der Waals surface area contributed by atoms with E-state index in [9.17, 15) is 9.18 Å². The molecule has 4 rings (SSSR count). The first kappa shape index (κ1) is 20.4. The summed E-state index contributed by atoms with van der Waals surface area (Å²) in [4.78, 5) is 18.5. The smallest absolute Gasteiger partial charge is 0.252 e. The number of para-hydroxylation sites is 1. The molecule has 1 fully saturated rings. The van der Waals surface area contributed by atoms with Crippen molar-refractivity contribution in [3.63, 3.8) is 0 Å². The Bertz CT molecular complexity index is 844. The molecule has 156 valence electrons. The fourth-order valence-corrected chi connectivity index (χ4v) is 5.63. The minimum atomic E-state index is -0.145. The van der Waals surface area contributed by atoms with Crippen LogP contribution >= 0.6 is 11.3 Å². The molecule has 4 nitrogen and oxygen atoms in total. The molecule has 1 aromatic carbocycles. The van der Waals surface area contributed by atoms with Crippen molar-refractivity contribution in [1.82, 2.24) is 10.2 Å². The van der Waals surface area contributed by atoms with Gasteiger partial charge in [-0.1, -0.05) is 19.1 Å². The van der Waals surface area contributed by atoms with Gasteiger partial charge in [0.25, 0.3) is 5.91 Å². The van der Waals surface area contributed by atoms with Gasteiger partial charge in [0.05, 0.1) is 11.3 Å². The van der Waals surface area contributed by atoms with Gasteiger partial charge in [0.15, 0.2) is 0 Å². The zero-order chi connectivity index (χ0) is 20.2. The third-order valence-electron chi connectivity index (χ3n) is 6.15. The van der Waals surface area contributed by atoms with Gasteiger partial charge < -0.3 is 10.2 Å². The number of nitrogens with zero attached hydrogens (tertiary/aromatic N) is 2. The second kappa shape index (κ2) is 9.26. The Morgan fingerprint density at radius 2 is 2.03 bits per heavy atom. The highest BCUT2D eigenvalue weighted by atomic mass is 32.1. The molecule has 29 heavy (non-hydrogen) atoms. The Morgan fingerprint density at radius 3 is 2.83 bits per heavy atom. The van der Waals surface area contributed by atoms with Crippen molar-refractivity contribution < 1.29 is 9.18 Å². The van der Waals surface area contributed by atoms with Crippen LogP contribution in [-0.2, 0) is 12.8 Å². The maximum absolute atomic E-state index is 13.9. The van der Waals surface area contributed by atoms with E-state index in [1.807, 2.05) is 17.5 Å². The van der Waals surface area contributed by atoms with Crippen LogP contribution in [0.1, 0.15) is 40.6 Å². The molecule has 1 aliphatic carbocycles. The summed E-state index contributed by atoms with van der Waals surface area (Å²) in [6.45, 7) is 7.49. The van der Waals surface area contributed by atoms with E-state index in [-0.39, 0.29) is 11.7 Å². The van der Waals surface area contributed by atoms with Gasteiger partial charge in [-0.25, -0.2) is 4.39 Å². The molecule has 2 aliphatic rings. The van der Waals surface area contributed by atoms with Gasteiger partial charge in [-0.2, -0.15) is 0 Å². The average molecular weight is 416 g/mol. The molecule has 2 heterocycles. The molecule has 0 radical (unpaired) electrons. The second-order valence-electron chi connectivity index (χ2n) is 8.29. The van der Waals surface area contributed by atoms with Crippen LogP contribution in [0.3, 0.4) is 0 Å². The van der Waals surface area contributed by atoms with Crippen LogP contribution in [0, 0.1) is 11.7 Å². The maximum atomic E-state index is 13.9. The molecule has 1 atom stereocenters. The van der Waals surface area contributed by atoms with Crippen LogP contribution in [0.25, 0.3) is 0 Å². The number of hydrogen-bond acceptors (Lipinski definition) is 4. The molecule has 2 aromatic rings. The Labute approximate surface area is 176 Å². The lowest BCUT2D eigenvalue weighted by Crippen LogP contribution is -2.47. The lowest BCUT2D eigenvalue weighted by molar-refractivity contribution is 0.0950. The first-order valence-corrected chi connectivity index (χ1v) is 11.6. The molecular formula is C23H30FN3OS. The predicted molar refractivity (Wildman–Crippen MR) is 118 cm³/mol. The Balaban J connectivity index is 1.18. The number of amides is 1. The number of fused-ring (bicyclic) bond motifs is 1. The van der Waals surface area contributed by atoms with E-state index in [0.717, 1.165) is 63.5 Å². The fourth-order valence-electron chi connectivity index (χ4n) is 4.39. The number of carbonyl (C=O) groups excluding carboxylic acids is 1. The van der Waals surface area contributed by atoms with E-state index in [0.29, 0.717) is 12.2 Å². The maximum Gasteiger partial charge on any atom is 0.252 e. The molecule has 0 saturated carbocycles. The van der Waals surface area contributed by atoms with Crippen LogP contribution in [-0.4, -0.2) is 50.1 Å². The minimum absolute atomic E-state index is 0.0847. The van der Waals surface area contributed by atoms with Crippen LogP contribution in [0.5, 0.6) is 0 Å². The summed E-state index contributed by atoms with van der Waals surface area (Å²) in [7, 11) is 0. The van der Waals surface area contributed by atoms with Crippen LogP contribution < -0.4 is 10.2 Å². The summed E-state index contributed by atoms with van der Waals surface area (Å²) in [5.41, 5.74) is 2.89. The topological polar surface area (TPSA) is 35.6 Å². The van der Waals surface area contributed by atoms with Gasteiger partial charge in [0.1, 0.15) is 5.82 Å². The van der Waals surface area contributed by atoms with Crippen LogP contribution in [0.15, 0.2) is 29.6 Å². The molecule has 1 saturated heterocycles. The highest BCUT2D eigenvalue weighted by Gasteiger charge is 2.23. The predicted octanol–water partition coefficient (Wildman–Crippen LogP) is 3.95. The lowest BCUT2D eigenvalue weighted by Gasteiger charge is -2.36. The largest absolute Gasteiger partial charge is 0.367 e. The van der Waals surface area contributed by atoms with Gasteiger partial charge in [0.2, 0.25) is 0 Å². The Kier molecular flexibility index (Phi) is 6.50. The number of piperazine rings is 1. The van der Waals surface area contributed by atoms with Crippen molar-refractivity contribution in [2.24, 2.45) is 5.92 Å². The molecule has 1 aliphatic heterocycles. The minimum Gasteiger partial charge on any atom is -0.367 e. The van der Waals surface area contributed by atoms with Crippen LogP contribution in [0.4, 0.5) is 10.1 Å². The third kappa shape index (κ3) is 4.81. The van der Waals surface area contributed by atoms with Gasteiger partial charge in [-0.3, -0.25) is 9.69 Å². The van der Waals surface area contributed by atoms with Crippen molar-refractivity contribution in [1.29, 1.82) is 0 Å². The Hall–Kier alpha value is -1.92. The molecule has 6 heteroatoms. The lowest BCUT2D eigenvalue weighted by atomic mass is 9.88. The number of thiophene rings is 1. The number of halogens is 1. The first-order chi connectivity index (χ1) is 14.1. The van der Waals surface area contributed by atoms with Gasteiger partial charge in [-0.15, -0.1) is 11.3 Å². The van der Waals surface area contributed by atoms with Crippen molar-refractivity contribution in [3.05, 3.63) is 51.5 Å². The van der Waals surface area contributed by atoms with Crippen molar-refractivity contribution in [2.75, 3.05) is 44.2 Å². The summed E-state index contributed by atoms with van der Waals surface area (Å²) in [6, 6.07) is 6.99. The Morgan fingerprint density at radius 1 is 1.24 bits per heavy atom. The molecule has 1 amide bonds. The van der Waals surface area contributed by atoms with E-state index in [2.05, 4.69) is 22.0 Å². The number of rotatable bonds is 6. The van der Waals surface area contributed by atoms with E-state index in [4.69, 9.17) is 0 Å². The highest BCUT2D eigenvalue weighted by molar-refractivity contribution is 7.10. The van der Waals surface area contributed by atoms with E-state index < -0.39 is 0 Å². The summed E-state index contributed by atoms with van der Waals surface area (Å²) in [6.07, 6.45) is 4.28. The second-order valence-corrected chi connectivity index (χ2v) is 9.25. The van der Waals surface area contributed by atoms with E-state index >= 15 is 0 Å². The fraction of sp³-hybridized carbons (Fsp3) is 0.522. The molecule has 0 bridgehead atoms. The third-order valence-corrected chi connectivity index (χ3v) is 7.20. The van der Waals surface area contributed by atoms with Gasteiger partial charge in [-0.05, 0) is 55.8 Å². The van der Waals surface area contributed by atoms with Crippen molar-refractivity contribution in [2.45, 2.75) is 32.6 Å². The number of nitrogens with one attached hydrogen (secondary N) is 1. The number of hydrogen-bond donors (Lipinski definition) is 1. The standard InChI is InChI=1S/C23H30FN3OS/c1-17-7-8-18-19(16-29-22(18)15-17)23(28)25-9-4-10-26-11-13-27(14-12-26)21-6-3-2-5-20(21)24/h2-3,5-6,16-17H,4,7-15H2,1H3,(H,25,28)/t17-/m1/s1. The average Bonchev–Trinajstić information content (AvgIpc) is 3.15. The number of anilines is 1. The summed E-state index contributed by atoms with van der Waals surface area (Å²) in [5.74, 6) is 0.672. The molecule has 0 spiro atoms. The van der Waals surface area contributed by atoms with Crippen LogP contribution in [0.2, 0.25) is 0 Å². The SMILES string of the molecule is C[C@@H]1CCc2c(C(=O)NCCCN3CCN(c4ccccc4F)CC3)csc2C1. The zero-order valence-corrected chi connectivity index (χ0v) is 17.9. The van der Waals surface area contributed by atoms with Crippen molar-refractivity contribution >= 4 is 22.9 Å². The normalized spacial score (nSPS) is 19.8. The molecule has 1 N–H and O–H groups in total. The first-order valence-electron chi connectivity index (χ1n) is 10.7. The molecular weight excluding hydrogens is 385 g/mol. The molecule has 0 unspecified atom stereocenters. The summed E-state index contributed by atoms with van der Waals surface area (Å²) < 4.78 is 13.9. The monoisotopic (exact) mass is 415 g/mol. The summed E-state index contributed by atoms with van der Waals surface area (Å²) >= 11 is 1.74. The zero-order valence-electron chi connectivity index (χ0n) is 17.1. The quantitative estimate of drug-likeness (QED) is 0.726. The van der Waals surface area contributed by atoms with E-state index in [1.165, 1.54) is 22.9 Å². The number of benzene rings is 1.